The van der Waals surface area contributed by atoms with Crippen LogP contribution in [-0.2, 0) is 13.5 Å². The Morgan fingerprint density at radius 1 is 1.25 bits per heavy atom. The number of allylic oxidation sites excluding steroid dienone is 3. The Balaban J connectivity index is 1.73. The molecule has 0 saturated carbocycles. The Morgan fingerprint density at radius 2 is 2.04 bits per heavy atom. The molecule has 0 unspecified atom stereocenters. The van der Waals surface area contributed by atoms with E-state index in [1.54, 1.807) is 19.1 Å². The van der Waals surface area contributed by atoms with Gasteiger partial charge in [0.1, 0.15) is 0 Å². The molecule has 1 aliphatic carbocycles. The van der Waals surface area contributed by atoms with Gasteiger partial charge in [-0.3, -0.25) is 0 Å². The summed E-state index contributed by atoms with van der Waals surface area (Å²) in [4.78, 5) is 0. The van der Waals surface area contributed by atoms with Gasteiger partial charge in [-0.1, -0.05) is 12.2 Å². The number of alkyl halides is 3. The zero-order valence-electron chi connectivity index (χ0n) is 16.0. The zero-order chi connectivity index (χ0) is 20.3. The molecule has 152 valence electrons. The fourth-order valence-electron chi connectivity index (χ4n) is 3.65. The molecule has 28 heavy (non-hydrogen) atoms. The molecule has 2 aromatic rings. The summed E-state index contributed by atoms with van der Waals surface area (Å²) < 4.78 is 61.0. The first-order valence-electron chi connectivity index (χ1n) is 9.38. The van der Waals surface area contributed by atoms with Gasteiger partial charge in [0.25, 0.3) is 0 Å². The van der Waals surface area contributed by atoms with Gasteiger partial charge in [0.15, 0.2) is 11.6 Å². The highest BCUT2D eigenvalue weighted by atomic mass is 19.4. The molecular formula is C21H24F4N2O. The van der Waals surface area contributed by atoms with Crippen LogP contribution in [-0.4, -0.2) is 30.4 Å². The van der Waals surface area contributed by atoms with Crippen LogP contribution >= 0.6 is 0 Å². The highest BCUT2D eigenvalue weighted by Crippen LogP contribution is 2.34. The summed E-state index contributed by atoms with van der Waals surface area (Å²) >= 11 is 0. The van der Waals surface area contributed by atoms with Crippen molar-refractivity contribution in [2.45, 2.75) is 32.4 Å². The van der Waals surface area contributed by atoms with Crippen LogP contribution in [0.4, 0.5) is 17.6 Å². The number of rotatable bonds is 7. The average molecular weight is 396 g/mol. The second kappa shape index (κ2) is 8.39. The van der Waals surface area contributed by atoms with Crippen molar-refractivity contribution in [3.05, 3.63) is 53.0 Å². The van der Waals surface area contributed by atoms with Crippen LogP contribution in [0.2, 0.25) is 0 Å². The van der Waals surface area contributed by atoms with Crippen molar-refractivity contribution < 1.29 is 22.3 Å². The molecule has 0 spiro atoms. The molecule has 0 fully saturated rings. The third-order valence-electron chi connectivity index (χ3n) is 4.92. The highest BCUT2D eigenvalue weighted by Gasteiger charge is 2.34. The maximum Gasteiger partial charge on any atom is 0.416 e. The van der Waals surface area contributed by atoms with Crippen molar-refractivity contribution >= 4 is 10.9 Å². The first kappa shape index (κ1) is 20.5. The van der Waals surface area contributed by atoms with Crippen LogP contribution in [0.5, 0.6) is 5.75 Å². The van der Waals surface area contributed by atoms with Crippen LogP contribution in [0.1, 0.15) is 25.3 Å². The number of nitrogens with zero attached hydrogens (tertiary/aromatic N) is 1. The van der Waals surface area contributed by atoms with Crippen molar-refractivity contribution in [2.75, 3.05) is 19.7 Å². The van der Waals surface area contributed by atoms with Crippen molar-refractivity contribution in [1.29, 1.82) is 0 Å². The molecule has 0 saturated heterocycles. The minimum atomic E-state index is -4.33. The van der Waals surface area contributed by atoms with E-state index >= 15 is 0 Å². The predicted molar refractivity (Wildman–Crippen MR) is 102 cm³/mol. The smallest absolute Gasteiger partial charge is 0.416 e. The molecule has 1 heterocycles. The lowest BCUT2D eigenvalue weighted by Crippen LogP contribution is -2.24. The summed E-state index contributed by atoms with van der Waals surface area (Å²) in [5.74, 6) is -0.182. The molecule has 3 nitrogen and oxygen atoms in total. The van der Waals surface area contributed by atoms with E-state index in [2.05, 4.69) is 5.32 Å². The van der Waals surface area contributed by atoms with Gasteiger partial charge in [0.05, 0.1) is 17.7 Å². The van der Waals surface area contributed by atoms with Gasteiger partial charge in [0, 0.05) is 25.2 Å². The summed E-state index contributed by atoms with van der Waals surface area (Å²) in [6.07, 6.45) is 1.91. The number of halogens is 4. The lowest BCUT2D eigenvalue weighted by Gasteiger charge is -2.19. The SMILES string of the molecule is CCOc1c(F)ccc2c1c(CCNCC1=C(C(F)(F)F)C=CCC1)cn2C. The number of ether oxygens (including phenoxy) is 1. The lowest BCUT2D eigenvalue weighted by molar-refractivity contribution is -0.0894. The first-order chi connectivity index (χ1) is 13.3. The quantitative estimate of drug-likeness (QED) is 0.523. The average Bonchev–Trinajstić information content (AvgIpc) is 2.96. The van der Waals surface area contributed by atoms with Gasteiger partial charge in [0.2, 0.25) is 0 Å². The maximum absolute atomic E-state index is 14.2. The van der Waals surface area contributed by atoms with Gasteiger partial charge in [-0.2, -0.15) is 13.2 Å². The molecule has 1 N–H and O–H groups in total. The number of fused-ring (bicyclic) bond motifs is 1. The summed E-state index contributed by atoms with van der Waals surface area (Å²) in [7, 11) is 1.88. The summed E-state index contributed by atoms with van der Waals surface area (Å²) in [5, 5.41) is 3.83. The second-order valence-corrected chi connectivity index (χ2v) is 6.85. The van der Waals surface area contributed by atoms with E-state index in [1.165, 1.54) is 12.1 Å². The highest BCUT2D eigenvalue weighted by molar-refractivity contribution is 5.90. The third kappa shape index (κ3) is 4.24. The molecule has 1 aliphatic rings. The summed E-state index contributed by atoms with van der Waals surface area (Å²) in [5.41, 5.74) is 1.60. The fraction of sp³-hybridized carbons (Fsp3) is 0.429. The van der Waals surface area contributed by atoms with E-state index < -0.39 is 17.6 Å². The van der Waals surface area contributed by atoms with Crippen molar-refractivity contribution in [1.82, 2.24) is 9.88 Å². The zero-order valence-corrected chi connectivity index (χ0v) is 16.0. The first-order valence-corrected chi connectivity index (χ1v) is 9.38. The van der Waals surface area contributed by atoms with E-state index in [9.17, 15) is 17.6 Å². The molecule has 7 heteroatoms. The molecule has 3 rings (SSSR count). The van der Waals surface area contributed by atoms with Gasteiger partial charge >= 0.3 is 6.18 Å². The normalized spacial score (nSPS) is 14.9. The number of benzene rings is 1. The lowest BCUT2D eigenvalue weighted by atomic mass is 9.97. The maximum atomic E-state index is 14.2. The van der Waals surface area contributed by atoms with Crippen LogP contribution < -0.4 is 10.1 Å². The summed E-state index contributed by atoms with van der Waals surface area (Å²) in [6, 6.07) is 3.09. The topological polar surface area (TPSA) is 26.2 Å². The molecule has 1 aromatic heterocycles. The molecule has 0 aliphatic heterocycles. The van der Waals surface area contributed by atoms with E-state index in [0.717, 1.165) is 16.5 Å². The number of hydrogen-bond acceptors (Lipinski definition) is 2. The Morgan fingerprint density at radius 3 is 2.75 bits per heavy atom. The Bertz CT molecular complexity index is 909. The number of nitrogens with one attached hydrogen (secondary N) is 1. The second-order valence-electron chi connectivity index (χ2n) is 6.85. The predicted octanol–water partition coefficient (Wildman–Crippen LogP) is 5.06. The van der Waals surface area contributed by atoms with Crippen molar-refractivity contribution in [3.63, 3.8) is 0 Å². The summed E-state index contributed by atoms with van der Waals surface area (Å²) in [6.45, 7) is 2.83. The molecular weight excluding hydrogens is 372 g/mol. The van der Waals surface area contributed by atoms with Crippen LogP contribution in [0.3, 0.4) is 0 Å². The van der Waals surface area contributed by atoms with Crippen molar-refractivity contribution in [3.8, 4) is 5.75 Å². The van der Waals surface area contributed by atoms with Crippen LogP contribution in [0, 0.1) is 5.82 Å². The Labute approximate surface area is 161 Å². The number of aromatic nitrogens is 1. The van der Waals surface area contributed by atoms with Gasteiger partial charge in [-0.15, -0.1) is 0 Å². The van der Waals surface area contributed by atoms with Crippen LogP contribution in [0.15, 0.2) is 41.6 Å². The van der Waals surface area contributed by atoms with E-state index in [-0.39, 0.29) is 12.3 Å². The number of hydrogen-bond donors (Lipinski definition) is 1. The Hall–Kier alpha value is -2.28. The number of aryl methyl sites for hydroxylation is 1. The standard InChI is InChI=1S/C21H24F4N2O/c1-3-28-20-17(22)8-9-18-19(20)15(13-27(18)2)10-11-26-12-14-6-4-5-7-16(14)21(23,24)25/h5,7-9,13,26H,3-4,6,10-12H2,1-2H3. The largest absolute Gasteiger partial charge is 0.490 e. The molecule has 0 bridgehead atoms. The van der Waals surface area contributed by atoms with E-state index in [4.69, 9.17) is 4.74 Å². The van der Waals surface area contributed by atoms with Gasteiger partial charge in [-0.25, -0.2) is 4.39 Å². The van der Waals surface area contributed by atoms with E-state index in [0.29, 0.717) is 38.0 Å². The fourth-order valence-corrected chi connectivity index (χ4v) is 3.65. The van der Waals surface area contributed by atoms with Gasteiger partial charge < -0.3 is 14.6 Å². The van der Waals surface area contributed by atoms with Gasteiger partial charge in [-0.05, 0) is 56.0 Å². The Kier molecular flexibility index (Phi) is 6.13. The molecule has 0 radical (unpaired) electrons. The molecule has 0 amide bonds. The molecule has 0 atom stereocenters. The third-order valence-corrected chi connectivity index (χ3v) is 4.92. The monoisotopic (exact) mass is 396 g/mol. The minimum Gasteiger partial charge on any atom is -0.490 e. The molecule has 1 aromatic carbocycles. The van der Waals surface area contributed by atoms with Crippen molar-refractivity contribution in [2.24, 2.45) is 7.05 Å². The van der Waals surface area contributed by atoms with E-state index in [1.807, 2.05) is 17.8 Å². The minimum absolute atomic E-state index is 0.191. The van der Waals surface area contributed by atoms with Crippen LogP contribution in [0.25, 0.3) is 10.9 Å².